The summed E-state index contributed by atoms with van der Waals surface area (Å²) in [5, 5.41) is 0.385. The highest BCUT2D eigenvalue weighted by atomic mass is 35.5. The number of benzene rings is 1. The lowest BCUT2D eigenvalue weighted by molar-refractivity contribution is -0.116. The molecule has 0 unspecified atom stereocenters. The van der Waals surface area contributed by atoms with Crippen LogP contribution >= 0.6 is 11.6 Å². The summed E-state index contributed by atoms with van der Waals surface area (Å²) in [5.74, 6) is -0.731. The van der Waals surface area contributed by atoms with Gasteiger partial charge in [-0.25, -0.2) is 8.42 Å². The Labute approximate surface area is 98.9 Å². The van der Waals surface area contributed by atoms with Crippen molar-refractivity contribution in [2.45, 2.75) is 0 Å². The van der Waals surface area contributed by atoms with E-state index in [0.29, 0.717) is 10.7 Å². The third kappa shape index (κ3) is 3.39. The zero-order chi connectivity index (χ0) is 12.3. The van der Waals surface area contributed by atoms with Crippen LogP contribution in [-0.4, -0.2) is 27.1 Å². The number of halogens is 1. The van der Waals surface area contributed by atoms with Crippen molar-refractivity contribution < 1.29 is 13.2 Å². The van der Waals surface area contributed by atoms with Crippen LogP contribution in [0, 0.1) is 0 Å². The number of anilines is 1. The number of hydrogen-bond donors (Lipinski definition) is 1. The quantitative estimate of drug-likeness (QED) is 0.862. The summed E-state index contributed by atoms with van der Waals surface area (Å²) in [6, 6.07) is 6.19. The first kappa shape index (κ1) is 12.8. The van der Waals surface area contributed by atoms with Crippen LogP contribution in [0.2, 0.25) is 5.02 Å². The summed E-state index contributed by atoms with van der Waals surface area (Å²) >= 11 is 5.74. The average Bonchev–Trinajstić information content (AvgIpc) is 2.12. The molecule has 2 N–H and O–H groups in total. The highest BCUT2D eigenvalue weighted by Gasteiger charge is 2.19. The van der Waals surface area contributed by atoms with Crippen LogP contribution in [0.5, 0.6) is 0 Å². The second-order valence-corrected chi connectivity index (χ2v) is 5.56. The summed E-state index contributed by atoms with van der Waals surface area (Å²) in [5.41, 5.74) is 5.30. The van der Waals surface area contributed by atoms with E-state index in [1.807, 2.05) is 0 Å². The van der Waals surface area contributed by atoms with Crippen LogP contribution in [0.15, 0.2) is 24.3 Å². The molecule has 0 heterocycles. The van der Waals surface area contributed by atoms with Gasteiger partial charge in [0.25, 0.3) is 0 Å². The van der Waals surface area contributed by atoms with Gasteiger partial charge in [-0.1, -0.05) is 17.7 Å². The maximum Gasteiger partial charge on any atom is 0.238 e. The van der Waals surface area contributed by atoms with E-state index < -0.39 is 22.5 Å². The Balaban J connectivity index is 3.16. The van der Waals surface area contributed by atoms with E-state index in [1.165, 1.54) is 12.1 Å². The largest absolute Gasteiger partial charge is 0.368 e. The van der Waals surface area contributed by atoms with Crippen LogP contribution in [-0.2, 0) is 14.8 Å². The van der Waals surface area contributed by atoms with E-state index in [-0.39, 0.29) is 0 Å². The van der Waals surface area contributed by atoms with Crippen LogP contribution in [0.4, 0.5) is 5.69 Å². The SMILES string of the molecule is CS(=O)(=O)N(CC(N)=O)c1cccc(Cl)c1. The first-order valence-electron chi connectivity index (χ1n) is 4.32. The molecule has 16 heavy (non-hydrogen) atoms. The molecule has 0 atom stereocenters. The standard InChI is InChI=1S/C9H11ClN2O3S/c1-16(14,15)12(6-9(11)13)8-4-2-3-7(10)5-8/h2-5H,6H2,1H3,(H2,11,13). The van der Waals surface area contributed by atoms with Crippen molar-refractivity contribution in [3.8, 4) is 0 Å². The first-order valence-corrected chi connectivity index (χ1v) is 6.55. The lowest BCUT2D eigenvalue weighted by Crippen LogP contribution is -2.37. The molecule has 1 aromatic carbocycles. The van der Waals surface area contributed by atoms with Gasteiger partial charge in [0.05, 0.1) is 11.9 Å². The number of sulfonamides is 1. The first-order chi connectivity index (χ1) is 7.30. The van der Waals surface area contributed by atoms with Crippen molar-refractivity contribution >= 4 is 33.2 Å². The molecule has 0 aliphatic rings. The van der Waals surface area contributed by atoms with Crippen molar-refractivity contribution in [3.63, 3.8) is 0 Å². The average molecular weight is 263 g/mol. The Morgan fingerprint density at radius 3 is 2.56 bits per heavy atom. The minimum Gasteiger partial charge on any atom is -0.368 e. The van der Waals surface area contributed by atoms with Crippen molar-refractivity contribution in [1.82, 2.24) is 0 Å². The third-order valence-corrected chi connectivity index (χ3v) is 3.17. The third-order valence-electron chi connectivity index (χ3n) is 1.80. The van der Waals surface area contributed by atoms with Crippen molar-refractivity contribution in [2.75, 3.05) is 17.1 Å². The molecule has 0 bridgehead atoms. The fraction of sp³-hybridized carbons (Fsp3) is 0.222. The Kier molecular flexibility index (Phi) is 3.77. The van der Waals surface area contributed by atoms with Crippen LogP contribution in [0.3, 0.4) is 0 Å². The predicted octanol–water partition coefficient (Wildman–Crippen LogP) is 0.591. The Bertz CT molecular complexity index is 501. The molecule has 0 aliphatic heterocycles. The van der Waals surface area contributed by atoms with Gasteiger partial charge in [-0.15, -0.1) is 0 Å². The summed E-state index contributed by atoms with van der Waals surface area (Å²) in [6.45, 7) is -0.404. The molecule has 0 fully saturated rings. The highest BCUT2D eigenvalue weighted by molar-refractivity contribution is 7.92. The molecule has 0 aliphatic carbocycles. The zero-order valence-electron chi connectivity index (χ0n) is 8.55. The van der Waals surface area contributed by atoms with Gasteiger partial charge in [-0.2, -0.15) is 0 Å². The second-order valence-electron chi connectivity index (χ2n) is 3.22. The topological polar surface area (TPSA) is 80.5 Å². The maximum atomic E-state index is 11.5. The van der Waals surface area contributed by atoms with E-state index in [4.69, 9.17) is 17.3 Å². The van der Waals surface area contributed by atoms with E-state index in [2.05, 4.69) is 0 Å². The number of nitrogens with zero attached hydrogens (tertiary/aromatic N) is 1. The van der Waals surface area contributed by atoms with Crippen LogP contribution in [0.25, 0.3) is 0 Å². The Hall–Kier alpha value is -1.27. The van der Waals surface area contributed by atoms with Crippen LogP contribution < -0.4 is 10.0 Å². The molecule has 88 valence electrons. The Morgan fingerprint density at radius 1 is 1.50 bits per heavy atom. The van der Waals surface area contributed by atoms with Gasteiger partial charge >= 0.3 is 0 Å². The molecule has 0 saturated carbocycles. The molecule has 5 nitrogen and oxygen atoms in total. The molecular weight excluding hydrogens is 252 g/mol. The second kappa shape index (κ2) is 4.71. The summed E-state index contributed by atoms with van der Waals surface area (Å²) < 4.78 is 23.8. The van der Waals surface area contributed by atoms with Gasteiger partial charge in [0.15, 0.2) is 0 Å². The predicted molar refractivity (Wildman–Crippen MR) is 62.8 cm³/mol. The van der Waals surface area contributed by atoms with Gasteiger partial charge in [-0.05, 0) is 18.2 Å². The molecule has 1 rings (SSSR count). The van der Waals surface area contributed by atoms with E-state index in [0.717, 1.165) is 10.6 Å². The molecule has 1 aromatic rings. The molecule has 0 spiro atoms. The number of amides is 1. The molecule has 1 amide bonds. The maximum absolute atomic E-state index is 11.5. The number of rotatable bonds is 4. The number of hydrogen-bond acceptors (Lipinski definition) is 3. The molecule has 0 saturated heterocycles. The molecule has 7 heteroatoms. The summed E-state index contributed by atoms with van der Waals surface area (Å²) in [4.78, 5) is 10.8. The van der Waals surface area contributed by atoms with E-state index >= 15 is 0 Å². The molecule has 0 aromatic heterocycles. The zero-order valence-corrected chi connectivity index (χ0v) is 10.1. The fourth-order valence-electron chi connectivity index (χ4n) is 1.17. The van der Waals surface area contributed by atoms with Crippen LogP contribution in [0.1, 0.15) is 0 Å². The molecule has 0 radical (unpaired) electrons. The number of nitrogens with two attached hydrogens (primary N) is 1. The van der Waals surface area contributed by atoms with Gasteiger partial charge in [0, 0.05) is 5.02 Å². The van der Waals surface area contributed by atoms with Crippen molar-refractivity contribution in [3.05, 3.63) is 29.3 Å². The Morgan fingerprint density at radius 2 is 2.12 bits per heavy atom. The normalized spacial score (nSPS) is 11.1. The minimum atomic E-state index is -3.56. The monoisotopic (exact) mass is 262 g/mol. The van der Waals surface area contributed by atoms with Gasteiger partial charge < -0.3 is 5.73 Å². The van der Waals surface area contributed by atoms with E-state index in [1.54, 1.807) is 12.1 Å². The van der Waals surface area contributed by atoms with Crippen molar-refractivity contribution in [2.24, 2.45) is 5.73 Å². The highest BCUT2D eigenvalue weighted by Crippen LogP contribution is 2.21. The van der Waals surface area contributed by atoms with E-state index in [9.17, 15) is 13.2 Å². The van der Waals surface area contributed by atoms with Gasteiger partial charge in [0.2, 0.25) is 15.9 Å². The lowest BCUT2D eigenvalue weighted by atomic mass is 10.3. The molecular formula is C9H11ClN2O3S. The number of primary amides is 1. The van der Waals surface area contributed by atoms with Gasteiger partial charge in [0.1, 0.15) is 6.54 Å². The van der Waals surface area contributed by atoms with Crippen molar-refractivity contribution in [1.29, 1.82) is 0 Å². The number of carbonyl (C=O) groups is 1. The smallest absolute Gasteiger partial charge is 0.238 e. The number of carbonyl (C=O) groups excluding carboxylic acids is 1. The summed E-state index contributed by atoms with van der Waals surface area (Å²) in [7, 11) is -3.56. The summed E-state index contributed by atoms with van der Waals surface area (Å²) in [6.07, 6.45) is 0.997. The van der Waals surface area contributed by atoms with Gasteiger partial charge in [-0.3, -0.25) is 9.10 Å². The lowest BCUT2D eigenvalue weighted by Gasteiger charge is -2.20. The minimum absolute atomic E-state index is 0.314. The fourth-order valence-corrected chi connectivity index (χ4v) is 2.22.